The number of carbonyl (C=O) groups excluding carboxylic acids is 2. The lowest BCUT2D eigenvalue weighted by atomic mass is 9.96. The number of amides is 2. The molecule has 2 saturated heterocycles. The summed E-state index contributed by atoms with van der Waals surface area (Å²) in [6.07, 6.45) is 4.71. The highest BCUT2D eigenvalue weighted by Gasteiger charge is 2.34. The summed E-state index contributed by atoms with van der Waals surface area (Å²) >= 11 is 0. The zero-order valence-electron chi connectivity index (χ0n) is 17.2. The summed E-state index contributed by atoms with van der Waals surface area (Å²) in [5.41, 5.74) is 0.328. The normalized spacial score (nSPS) is 20.4. The highest BCUT2D eigenvalue weighted by atomic mass is 19.1. The van der Waals surface area contributed by atoms with Crippen LogP contribution in [0.25, 0.3) is 0 Å². The van der Waals surface area contributed by atoms with Crippen LogP contribution in [0.3, 0.4) is 0 Å². The Kier molecular flexibility index (Phi) is 6.11. The first-order valence-corrected chi connectivity index (χ1v) is 10.7. The van der Waals surface area contributed by atoms with E-state index in [1.807, 2.05) is 11.8 Å². The Balaban J connectivity index is 1.47. The lowest BCUT2D eigenvalue weighted by molar-refractivity contribution is -0.131. The van der Waals surface area contributed by atoms with Gasteiger partial charge in [-0.1, -0.05) is 13.0 Å². The molecule has 2 amide bonds. The van der Waals surface area contributed by atoms with Gasteiger partial charge in [-0.2, -0.15) is 0 Å². The van der Waals surface area contributed by atoms with E-state index in [4.69, 9.17) is 4.42 Å². The van der Waals surface area contributed by atoms with Crippen LogP contribution in [0.4, 0.5) is 4.39 Å². The molecule has 0 bridgehead atoms. The molecule has 3 heterocycles. The van der Waals surface area contributed by atoms with Crippen LogP contribution in [0.15, 0.2) is 28.7 Å². The summed E-state index contributed by atoms with van der Waals surface area (Å²) < 4.78 is 19.6. The molecule has 8 heteroatoms. The number of hydrogen-bond donors (Lipinski definition) is 0. The summed E-state index contributed by atoms with van der Waals surface area (Å²) in [6, 6.07) is 5.47. The topological polar surface area (TPSA) is 79.5 Å². The van der Waals surface area contributed by atoms with Gasteiger partial charge in [0.15, 0.2) is 0 Å². The Hall–Kier alpha value is -2.77. The van der Waals surface area contributed by atoms with E-state index < -0.39 is 5.82 Å². The van der Waals surface area contributed by atoms with Gasteiger partial charge in [-0.05, 0) is 50.3 Å². The predicted molar refractivity (Wildman–Crippen MR) is 107 cm³/mol. The van der Waals surface area contributed by atoms with E-state index in [1.54, 1.807) is 17.0 Å². The molecule has 2 aromatic rings. The number of nitrogens with zero attached hydrogens (tertiary/aromatic N) is 4. The van der Waals surface area contributed by atoms with Crippen LogP contribution in [0.1, 0.15) is 79.5 Å². The molecule has 0 N–H and O–H groups in total. The molecule has 30 heavy (non-hydrogen) atoms. The maximum Gasteiger partial charge on any atom is 0.254 e. The van der Waals surface area contributed by atoms with Crippen molar-refractivity contribution in [3.05, 3.63) is 47.4 Å². The molecule has 2 aliphatic heterocycles. The summed E-state index contributed by atoms with van der Waals surface area (Å²) in [4.78, 5) is 28.5. The average Bonchev–Trinajstić information content (AvgIpc) is 3.28. The minimum Gasteiger partial charge on any atom is -0.423 e. The summed E-state index contributed by atoms with van der Waals surface area (Å²) in [6.45, 7) is 3.85. The van der Waals surface area contributed by atoms with Crippen LogP contribution < -0.4 is 0 Å². The van der Waals surface area contributed by atoms with Gasteiger partial charge in [-0.15, -0.1) is 10.2 Å². The Morgan fingerprint density at radius 2 is 1.87 bits per heavy atom. The minimum absolute atomic E-state index is 0.128. The molecule has 1 aromatic carbocycles. The lowest BCUT2D eigenvalue weighted by Crippen LogP contribution is -2.38. The van der Waals surface area contributed by atoms with Gasteiger partial charge >= 0.3 is 0 Å². The van der Waals surface area contributed by atoms with Crippen LogP contribution >= 0.6 is 0 Å². The standard InChI is InChI=1S/C22H27FN4O3/c1-2-19(28)26-12-9-15(10-13-26)20-24-25-21(30-20)18-8-3-4-11-27(18)22(29)16-6-5-7-17(23)14-16/h5-7,14-15,18H,2-4,8-13H2,1H3/t18-/m1/s1. The number of likely N-dealkylation sites (tertiary alicyclic amines) is 2. The molecule has 0 spiro atoms. The second kappa shape index (κ2) is 8.93. The van der Waals surface area contributed by atoms with Crippen molar-refractivity contribution in [1.82, 2.24) is 20.0 Å². The molecule has 0 aliphatic carbocycles. The Morgan fingerprint density at radius 1 is 1.10 bits per heavy atom. The number of carbonyl (C=O) groups is 2. The maximum atomic E-state index is 13.6. The molecule has 1 atom stereocenters. The van der Waals surface area contributed by atoms with Gasteiger partial charge in [0.05, 0.1) is 0 Å². The number of halogens is 1. The van der Waals surface area contributed by atoms with Gasteiger partial charge in [0, 0.05) is 37.5 Å². The number of hydrogen-bond acceptors (Lipinski definition) is 5. The van der Waals surface area contributed by atoms with Crippen molar-refractivity contribution in [2.24, 2.45) is 0 Å². The van der Waals surface area contributed by atoms with Gasteiger partial charge in [0.25, 0.3) is 5.91 Å². The zero-order valence-corrected chi connectivity index (χ0v) is 17.2. The Bertz CT molecular complexity index is 907. The molecule has 7 nitrogen and oxygen atoms in total. The third-order valence-corrected chi connectivity index (χ3v) is 6.08. The monoisotopic (exact) mass is 414 g/mol. The van der Waals surface area contributed by atoms with Crippen molar-refractivity contribution in [2.75, 3.05) is 19.6 Å². The van der Waals surface area contributed by atoms with Crippen LogP contribution in [0.2, 0.25) is 0 Å². The molecule has 0 radical (unpaired) electrons. The van der Waals surface area contributed by atoms with Gasteiger partial charge in [-0.25, -0.2) is 4.39 Å². The molecule has 2 aliphatic rings. The van der Waals surface area contributed by atoms with E-state index >= 15 is 0 Å². The van der Waals surface area contributed by atoms with Gasteiger partial charge in [0.2, 0.25) is 17.7 Å². The Morgan fingerprint density at radius 3 is 2.60 bits per heavy atom. The summed E-state index contributed by atoms with van der Waals surface area (Å²) in [5.74, 6) is 0.683. The maximum absolute atomic E-state index is 13.6. The van der Waals surface area contributed by atoms with E-state index in [1.165, 1.54) is 12.1 Å². The highest BCUT2D eigenvalue weighted by molar-refractivity contribution is 5.94. The largest absolute Gasteiger partial charge is 0.423 e. The molecule has 2 fully saturated rings. The zero-order chi connectivity index (χ0) is 21.1. The first-order valence-electron chi connectivity index (χ1n) is 10.7. The molecule has 4 rings (SSSR count). The highest BCUT2D eigenvalue weighted by Crippen LogP contribution is 2.34. The van der Waals surface area contributed by atoms with Gasteiger partial charge in [-0.3, -0.25) is 9.59 Å². The van der Waals surface area contributed by atoms with E-state index in [9.17, 15) is 14.0 Å². The minimum atomic E-state index is -0.428. The van der Waals surface area contributed by atoms with Gasteiger partial charge < -0.3 is 14.2 Å². The van der Waals surface area contributed by atoms with Crippen molar-refractivity contribution in [2.45, 2.75) is 57.4 Å². The molecule has 0 unspecified atom stereocenters. The predicted octanol–water partition coefficient (Wildman–Crippen LogP) is 3.69. The summed E-state index contributed by atoms with van der Waals surface area (Å²) in [7, 11) is 0. The van der Waals surface area contributed by atoms with Gasteiger partial charge in [0.1, 0.15) is 11.9 Å². The number of piperidine rings is 2. The fourth-order valence-electron chi connectivity index (χ4n) is 4.36. The fourth-order valence-corrected chi connectivity index (χ4v) is 4.36. The van der Waals surface area contributed by atoms with E-state index in [0.717, 1.165) is 32.1 Å². The summed E-state index contributed by atoms with van der Waals surface area (Å²) in [5, 5.41) is 8.53. The molecule has 160 valence electrons. The van der Waals surface area contributed by atoms with Crippen LogP contribution in [0.5, 0.6) is 0 Å². The van der Waals surface area contributed by atoms with Crippen LogP contribution in [-0.2, 0) is 4.79 Å². The van der Waals surface area contributed by atoms with Crippen molar-refractivity contribution in [1.29, 1.82) is 0 Å². The molecular formula is C22H27FN4O3. The quantitative estimate of drug-likeness (QED) is 0.762. The third kappa shape index (κ3) is 4.22. The Labute approximate surface area is 175 Å². The van der Waals surface area contributed by atoms with Crippen molar-refractivity contribution < 1.29 is 18.4 Å². The lowest BCUT2D eigenvalue weighted by Gasteiger charge is -2.33. The SMILES string of the molecule is CCC(=O)N1CCC(c2nnc([C@H]3CCCCN3C(=O)c3cccc(F)c3)o2)CC1. The second-order valence-corrected chi connectivity index (χ2v) is 8.01. The molecular weight excluding hydrogens is 387 g/mol. The third-order valence-electron chi connectivity index (χ3n) is 6.08. The fraction of sp³-hybridized carbons (Fsp3) is 0.545. The van der Waals surface area contributed by atoms with Crippen molar-refractivity contribution >= 4 is 11.8 Å². The number of aromatic nitrogens is 2. The second-order valence-electron chi connectivity index (χ2n) is 8.01. The first kappa shape index (κ1) is 20.5. The first-order chi connectivity index (χ1) is 14.6. The average molecular weight is 414 g/mol. The molecule has 1 aromatic heterocycles. The number of benzene rings is 1. The van der Waals surface area contributed by atoms with Crippen LogP contribution in [0, 0.1) is 5.82 Å². The van der Waals surface area contributed by atoms with E-state index in [2.05, 4.69) is 10.2 Å². The van der Waals surface area contributed by atoms with E-state index in [-0.39, 0.29) is 23.8 Å². The van der Waals surface area contributed by atoms with Crippen molar-refractivity contribution in [3.8, 4) is 0 Å². The van der Waals surface area contributed by atoms with E-state index in [0.29, 0.717) is 43.4 Å². The van der Waals surface area contributed by atoms with Crippen LogP contribution in [-0.4, -0.2) is 51.4 Å². The number of rotatable bonds is 4. The smallest absolute Gasteiger partial charge is 0.254 e. The van der Waals surface area contributed by atoms with Crippen molar-refractivity contribution in [3.63, 3.8) is 0 Å². The molecule has 0 saturated carbocycles.